The minimum Gasteiger partial charge on any atom is -0.380 e. The van der Waals surface area contributed by atoms with Crippen LogP contribution in [0.5, 0.6) is 0 Å². The lowest BCUT2D eigenvalue weighted by atomic mass is 10.7. The Balaban J connectivity index is 2.75. The van der Waals surface area contributed by atoms with Gasteiger partial charge in [-0.05, 0) is 0 Å². The second-order valence-corrected chi connectivity index (χ2v) is 1.05. The van der Waals surface area contributed by atoms with Crippen LogP contribution in [0.25, 0.3) is 0 Å². The number of nitrogens with zero attached hydrogens (tertiary/aromatic N) is 1. The molecule has 0 saturated heterocycles. The molecule has 0 aliphatic carbocycles. The van der Waals surface area contributed by atoms with Gasteiger partial charge in [0.15, 0.2) is 0 Å². The van der Waals surface area contributed by atoms with Gasteiger partial charge < -0.3 is 5.11 Å². The molecule has 0 spiro atoms. The second-order valence-electron chi connectivity index (χ2n) is 1.05. The van der Waals surface area contributed by atoms with Crippen molar-refractivity contribution in [2.24, 2.45) is 5.84 Å². The van der Waals surface area contributed by atoms with E-state index in [0.717, 1.165) is 0 Å². The van der Waals surface area contributed by atoms with E-state index >= 15 is 0 Å². The SMILES string of the molecule is CCN(N)CO. The first-order chi connectivity index (χ1) is 2.81. The molecule has 0 aliphatic rings. The highest BCUT2D eigenvalue weighted by Crippen LogP contribution is 1.65. The first kappa shape index (κ1) is 5.88. The highest BCUT2D eigenvalue weighted by atomic mass is 16.3. The summed E-state index contributed by atoms with van der Waals surface area (Å²) in [7, 11) is 0. The summed E-state index contributed by atoms with van der Waals surface area (Å²) >= 11 is 0. The molecule has 6 heavy (non-hydrogen) atoms. The first-order valence-corrected chi connectivity index (χ1v) is 1.91. The molecule has 0 heterocycles. The van der Waals surface area contributed by atoms with Crippen molar-refractivity contribution in [3.8, 4) is 0 Å². The van der Waals surface area contributed by atoms with E-state index in [0.29, 0.717) is 6.54 Å². The number of hydrogen-bond donors (Lipinski definition) is 2. The number of aliphatic hydroxyl groups is 1. The van der Waals surface area contributed by atoms with Gasteiger partial charge in [0.25, 0.3) is 0 Å². The van der Waals surface area contributed by atoms with Gasteiger partial charge in [0.2, 0.25) is 0 Å². The maximum absolute atomic E-state index is 8.14. The molecular weight excluding hydrogens is 80.0 g/mol. The van der Waals surface area contributed by atoms with Crippen LogP contribution in [0.3, 0.4) is 0 Å². The summed E-state index contributed by atoms with van der Waals surface area (Å²) in [6.45, 7) is 2.50. The molecule has 0 amide bonds. The van der Waals surface area contributed by atoms with E-state index in [4.69, 9.17) is 10.9 Å². The topological polar surface area (TPSA) is 49.5 Å². The van der Waals surface area contributed by atoms with Crippen molar-refractivity contribution in [1.82, 2.24) is 5.01 Å². The maximum Gasteiger partial charge on any atom is 0.108 e. The van der Waals surface area contributed by atoms with Crippen molar-refractivity contribution in [3.63, 3.8) is 0 Å². The van der Waals surface area contributed by atoms with E-state index in [2.05, 4.69) is 0 Å². The summed E-state index contributed by atoms with van der Waals surface area (Å²) in [6, 6.07) is 0. The van der Waals surface area contributed by atoms with Gasteiger partial charge in [-0.1, -0.05) is 6.92 Å². The fourth-order valence-electron chi connectivity index (χ4n) is 0.1000. The molecule has 0 aromatic carbocycles. The highest BCUT2D eigenvalue weighted by Gasteiger charge is 1.83. The summed E-state index contributed by atoms with van der Waals surface area (Å²) in [4.78, 5) is 0. The third kappa shape index (κ3) is 2.14. The molecule has 0 unspecified atom stereocenters. The lowest BCUT2D eigenvalue weighted by molar-refractivity contribution is 0.114. The Hall–Kier alpha value is -0.120. The van der Waals surface area contributed by atoms with Crippen molar-refractivity contribution < 1.29 is 5.11 Å². The largest absolute Gasteiger partial charge is 0.380 e. The average molecular weight is 90.1 g/mol. The van der Waals surface area contributed by atoms with Crippen molar-refractivity contribution in [2.75, 3.05) is 13.3 Å². The Morgan fingerprint density at radius 2 is 2.33 bits per heavy atom. The third-order valence-corrected chi connectivity index (χ3v) is 0.588. The standard InChI is InChI=1S/C3H10N2O/c1-2-5(4)3-6/h6H,2-4H2,1H3. The van der Waals surface area contributed by atoms with Gasteiger partial charge in [0.1, 0.15) is 6.73 Å². The fraction of sp³-hybridized carbons (Fsp3) is 1.00. The zero-order valence-corrected chi connectivity index (χ0v) is 3.89. The Morgan fingerprint density at radius 3 is 2.33 bits per heavy atom. The quantitative estimate of drug-likeness (QED) is 0.263. The van der Waals surface area contributed by atoms with Gasteiger partial charge in [-0.25, -0.2) is 5.01 Å². The van der Waals surface area contributed by atoms with Gasteiger partial charge in [0, 0.05) is 6.54 Å². The molecule has 0 saturated carbocycles. The van der Waals surface area contributed by atoms with E-state index in [1.165, 1.54) is 5.01 Å². The maximum atomic E-state index is 8.14. The summed E-state index contributed by atoms with van der Waals surface area (Å²) in [6.07, 6.45) is 0. The summed E-state index contributed by atoms with van der Waals surface area (Å²) in [5.74, 6) is 5.06. The molecule has 0 radical (unpaired) electrons. The van der Waals surface area contributed by atoms with Crippen LogP contribution in [0, 0.1) is 0 Å². The summed E-state index contributed by atoms with van der Waals surface area (Å²) < 4.78 is 0. The van der Waals surface area contributed by atoms with Crippen LogP contribution in [0.1, 0.15) is 6.92 Å². The van der Waals surface area contributed by atoms with Crippen molar-refractivity contribution in [3.05, 3.63) is 0 Å². The molecule has 0 bridgehead atoms. The second kappa shape index (κ2) is 3.08. The molecule has 0 rings (SSSR count). The zero-order chi connectivity index (χ0) is 4.99. The molecule has 3 nitrogen and oxygen atoms in total. The fourth-order valence-corrected chi connectivity index (χ4v) is 0.1000. The molecule has 0 aliphatic heterocycles. The molecule has 0 aromatic rings. The Morgan fingerprint density at radius 1 is 1.83 bits per heavy atom. The molecule has 3 heteroatoms. The lowest BCUT2D eigenvalue weighted by Crippen LogP contribution is -2.31. The lowest BCUT2D eigenvalue weighted by Gasteiger charge is -2.06. The number of aliphatic hydroxyl groups excluding tert-OH is 1. The molecular formula is C3H10N2O. The van der Waals surface area contributed by atoms with Crippen molar-refractivity contribution >= 4 is 0 Å². The summed E-state index contributed by atoms with van der Waals surface area (Å²) in [5.41, 5.74) is 0. The number of hydrazine groups is 1. The molecule has 3 N–H and O–H groups in total. The van der Waals surface area contributed by atoms with Crippen LogP contribution in [-0.4, -0.2) is 23.4 Å². The van der Waals surface area contributed by atoms with Gasteiger partial charge in [0.05, 0.1) is 0 Å². The van der Waals surface area contributed by atoms with Crippen LogP contribution >= 0.6 is 0 Å². The normalized spacial score (nSPS) is 10.0. The average Bonchev–Trinajstić information content (AvgIpc) is 1.65. The van der Waals surface area contributed by atoms with E-state index in [1.54, 1.807) is 0 Å². The monoisotopic (exact) mass is 90.1 g/mol. The van der Waals surface area contributed by atoms with Crippen molar-refractivity contribution in [1.29, 1.82) is 0 Å². The van der Waals surface area contributed by atoms with Crippen molar-refractivity contribution in [2.45, 2.75) is 6.92 Å². The molecule has 0 fully saturated rings. The van der Waals surface area contributed by atoms with Crippen LogP contribution in [0.2, 0.25) is 0 Å². The van der Waals surface area contributed by atoms with Crippen LogP contribution in [0.15, 0.2) is 0 Å². The Bertz CT molecular complexity index is 28.0. The smallest absolute Gasteiger partial charge is 0.108 e. The molecule has 0 aromatic heterocycles. The zero-order valence-electron chi connectivity index (χ0n) is 3.89. The third-order valence-electron chi connectivity index (χ3n) is 0.588. The van der Waals surface area contributed by atoms with E-state index in [9.17, 15) is 0 Å². The number of nitrogens with two attached hydrogens (primary N) is 1. The predicted octanol–water partition coefficient (Wildman–Crippen LogP) is -0.868. The first-order valence-electron chi connectivity index (χ1n) is 1.91. The minimum absolute atomic E-state index is 0.0590. The number of rotatable bonds is 2. The molecule has 38 valence electrons. The van der Waals surface area contributed by atoms with Gasteiger partial charge in [-0.2, -0.15) is 0 Å². The number of hydrogen-bond acceptors (Lipinski definition) is 3. The Labute approximate surface area is 37.3 Å². The predicted molar refractivity (Wildman–Crippen MR) is 23.7 cm³/mol. The van der Waals surface area contributed by atoms with Gasteiger partial charge in [-0.3, -0.25) is 5.84 Å². The van der Waals surface area contributed by atoms with Crippen LogP contribution in [0.4, 0.5) is 0 Å². The van der Waals surface area contributed by atoms with Gasteiger partial charge in [-0.15, -0.1) is 0 Å². The van der Waals surface area contributed by atoms with E-state index in [-0.39, 0.29) is 6.73 Å². The summed E-state index contributed by atoms with van der Waals surface area (Å²) in [5, 5.41) is 9.44. The minimum atomic E-state index is -0.0590. The van der Waals surface area contributed by atoms with Crippen LogP contribution < -0.4 is 5.84 Å². The highest BCUT2D eigenvalue weighted by molar-refractivity contribution is 4.25. The Kier molecular flexibility index (Phi) is 3.02. The van der Waals surface area contributed by atoms with E-state index < -0.39 is 0 Å². The van der Waals surface area contributed by atoms with E-state index in [1.807, 2.05) is 6.92 Å². The van der Waals surface area contributed by atoms with Crippen LogP contribution in [-0.2, 0) is 0 Å². The van der Waals surface area contributed by atoms with Gasteiger partial charge >= 0.3 is 0 Å². The molecule has 0 atom stereocenters.